The van der Waals surface area contributed by atoms with Crippen LogP contribution in [0.1, 0.15) is 49.7 Å². The summed E-state index contributed by atoms with van der Waals surface area (Å²) in [6.45, 7) is 6.76. The third-order valence-corrected chi connectivity index (χ3v) is 9.66. The van der Waals surface area contributed by atoms with Gasteiger partial charge in [0, 0.05) is 14.6 Å². The normalized spacial score (nSPS) is 16.7. The van der Waals surface area contributed by atoms with Crippen LogP contribution in [0.25, 0.3) is 0 Å². The highest BCUT2D eigenvalue weighted by Gasteiger charge is 2.38. The van der Waals surface area contributed by atoms with Gasteiger partial charge >= 0.3 is 6.09 Å². The fraction of sp³-hybridized carbons (Fsp3) is 0.586. The zero-order valence-electron chi connectivity index (χ0n) is 23.4. The van der Waals surface area contributed by atoms with Crippen LogP contribution in [-0.4, -0.2) is 55.1 Å². The van der Waals surface area contributed by atoms with E-state index in [2.05, 4.69) is 25.0 Å². The summed E-state index contributed by atoms with van der Waals surface area (Å²) in [7, 11) is -0.113. The van der Waals surface area contributed by atoms with E-state index >= 15 is 0 Å². The van der Waals surface area contributed by atoms with Crippen molar-refractivity contribution in [2.45, 2.75) is 82.9 Å². The third kappa shape index (κ3) is 7.93. The molecule has 0 aromatic heterocycles. The number of nitrogens with zero attached hydrogens (tertiary/aromatic N) is 2. The molecule has 3 atom stereocenters. The van der Waals surface area contributed by atoms with Gasteiger partial charge < -0.3 is 25.2 Å². The Morgan fingerprint density at radius 2 is 1.79 bits per heavy atom. The van der Waals surface area contributed by atoms with Crippen molar-refractivity contribution < 1.29 is 19.7 Å². The molecular formula is C29H41N3O6Si. The monoisotopic (exact) mass is 555 g/mol. The van der Waals surface area contributed by atoms with Gasteiger partial charge in [0.25, 0.3) is 10.9 Å². The van der Waals surface area contributed by atoms with Crippen molar-refractivity contribution in [1.29, 1.82) is 5.26 Å². The van der Waals surface area contributed by atoms with Crippen molar-refractivity contribution in [3.8, 4) is 11.8 Å². The molecule has 1 aliphatic rings. The summed E-state index contributed by atoms with van der Waals surface area (Å²) < 4.78 is 5.16. The number of nitriles is 1. The lowest BCUT2D eigenvalue weighted by molar-refractivity contribution is 0.0557. The number of amides is 1. The molecule has 0 heterocycles. The number of benzene rings is 1. The van der Waals surface area contributed by atoms with Gasteiger partial charge in [-0.3, -0.25) is 9.59 Å². The van der Waals surface area contributed by atoms with E-state index in [0.717, 1.165) is 43.0 Å². The molecule has 1 saturated carbocycles. The van der Waals surface area contributed by atoms with Crippen molar-refractivity contribution in [3.63, 3.8) is 0 Å². The molecule has 0 radical (unpaired) electrons. The molecular weight excluding hydrogens is 514 g/mol. The standard InChI is InChI=1S/C29H41N3O6Si/c1-38-28-25(26(34)27(28)35)31-24(22(14-15-39(2,3)4)21-8-6-5-7-9-21)23(33)18-32(29(36)37)17-20-12-10-19(16-30)11-13-20/h10-13,21-24,31,33H,5-9,14-15,17-18H2,1-4H3,(H,36,37)/t22?,23-,24+/m1/s1. The number of carbonyl (C=O) groups is 1. The Morgan fingerprint density at radius 1 is 1.15 bits per heavy atom. The first-order chi connectivity index (χ1) is 18.4. The number of hydrogen-bond acceptors (Lipinski definition) is 7. The van der Waals surface area contributed by atoms with E-state index in [0.29, 0.717) is 17.0 Å². The van der Waals surface area contributed by atoms with Gasteiger partial charge in [-0.1, -0.05) is 76.3 Å². The number of aliphatic hydroxyl groups is 1. The number of anilines is 1. The van der Waals surface area contributed by atoms with Crippen LogP contribution in [0.4, 0.5) is 10.5 Å². The van der Waals surface area contributed by atoms with Crippen LogP contribution < -0.4 is 20.9 Å². The zero-order chi connectivity index (χ0) is 28.7. The molecule has 3 rings (SSSR count). The van der Waals surface area contributed by atoms with Gasteiger partial charge in [0.1, 0.15) is 5.69 Å². The molecule has 39 heavy (non-hydrogen) atoms. The van der Waals surface area contributed by atoms with Crippen LogP contribution >= 0.6 is 0 Å². The van der Waals surface area contributed by atoms with E-state index in [1.165, 1.54) is 13.5 Å². The summed E-state index contributed by atoms with van der Waals surface area (Å²) in [6.07, 6.45) is 3.91. The lowest BCUT2D eigenvalue weighted by Gasteiger charge is -2.41. The second kappa shape index (κ2) is 13.3. The molecule has 0 bridgehead atoms. The lowest BCUT2D eigenvalue weighted by Crippen LogP contribution is -2.51. The molecule has 2 aromatic carbocycles. The summed E-state index contributed by atoms with van der Waals surface area (Å²) in [5.41, 5.74) is -0.138. The first-order valence-electron chi connectivity index (χ1n) is 13.7. The minimum atomic E-state index is -1.45. The van der Waals surface area contributed by atoms with Crippen LogP contribution in [-0.2, 0) is 6.54 Å². The van der Waals surface area contributed by atoms with Gasteiger partial charge in [-0.15, -0.1) is 0 Å². The highest BCUT2D eigenvalue weighted by Crippen LogP contribution is 2.38. The molecule has 1 amide bonds. The van der Waals surface area contributed by atoms with Crippen molar-refractivity contribution in [2.24, 2.45) is 11.8 Å². The maximum absolute atomic E-state index is 12.5. The molecule has 10 heteroatoms. The van der Waals surface area contributed by atoms with Gasteiger partial charge in [0.15, 0.2) is 5.75 Å². The second-order valence-corrected chi connectivity index (χ2v) is 17.6. The van der Waals surface area contributed by atoms with Crippen LogP contribution in [0, 0.1) is 23.2 Å². The summed E-state index contributed by atoms with van der Waals surface area (Å²) in [4.78, 5) is 37.9. The highest BCUT2D eigenvalue weighted by atomic mass is 28.3. The fourth-order valence-corrected chi connectivity index (χ4v) is 6.88. The second-order valence-electron chi connectivity index (χ2n) is 11.9. The van der Waals surface area contributed by atoms with Gasteiger partial charge in [0.05, 0.1) is 37.4 Å². The molecule has 212 valence electrons. The number of aliphatic hydroxyl groups excluding tert-OH is 1. The SMILES string of the molecule is COc1c(N[C@@H](C(CC[Si](C)(C)C)C2CCCCC2)[C@H](O)CN(Cc2ccc(C#N)cc2)C(=O)O)c(=O)c1=O. The largest absolute Gasteiger partial charge is 0.491 e. The van der Waals surface area contributed by atoms with E-state index in [4.69, 9.17) is 10.00 Å². The lowest BCUT2D eigenvalue weighted by atomic mass is 9.73. The van der Waals surface area contributed by atoms with Crippen molar-refractivity contribution in [1.82, 2.24) is 4.90 Å². The Bertz CT molecular complexity index is 1220. The molecule has 0 aliphatic heterocycles. The number of methoxy groups -OCH3 is 1. The van der Waals surface area contributed by atoms with E-state index in [-0.39, 0.29) is 30.4 Å². The van der Waals surface area contributed by atoms with E-state index in [1.54, 1.807) is 24.3 Å². The Morgan fingerprint density at radius 3 is 2.33 bits per heavy atom. The number of rotatable bonds is 13. The first-order valence-corrected chi connectivity index (χ1v) is 17.4. The Hall–Kier alpha value is -3.16. The van der Waals surface area contributed by atoms with E-state index in [1.807, 2.05) is 6.07 Å². The molecule has 2 aromatic rings. The average molecular weight is 556 g/mol. The third-order valence-electron chi connectivity index (χ3n) is 7.87. The molecule has 0 saturated heterocycles. The van der Waals surface area contributed by atoms with Gasteiger partial charge in [-0.2, -0.15) is 5.26 Å². The molecule has 1 unspecified atom stereocenters. The molecule has 0 spiro atoms. The zero-order valence-corrected chi connectivity index (χ0v) is 24.4. The van der Waals surface area contributed by atoms with Crippen molar-refractivity contribution in [3.05, 3.63) is 55.8 Å². The fourth-order valence-electron chi connectivity index (χ4n) is 5.68. The quantitative estimate of drug-likeness (QED) is 0.244. The summed E-state index contributed by atoms with van der Waals surface area (Å²) in [5, 5.41) is 33.9. The minimum absolute atomic E-state index is 0.00769. The molecule has 1 aliphatic carbocycles. The maximum Gasteiger partial charge on any atom is 0.407 e. The Balaban J connectivity index is 1.93. The number of hydrogen-bond donors (Lipinski definition) is 3. The smallest absolute Gasteiger partial charge is 0.407 e. The first kappa shape index (κ1) is 30.4. The Kier molecular flexibility index (Phi) is 10.3. The number of carboxylic acid groups (broad SMARTS) is 1. The highest BCUT2D eigenvalue weighted by molar-refractivity contribution is 6.76. The summed E-state index contributed by atoms with van der Waals surface area (Å²) in [6, 6.07) is 9.09. The van der Waals surface area contributed by atoms with Gasteiger partial charge in [0.2, 0.25) is 0 Å². The molecule has 3 N–H and O–H groups in total. The van der Waals surface area contributed by atoms with Crippen LogP contribution in [0.15, 0.2) is 33.9 Å². The number of ether oxygens (including phenoxy) is 1. The Labute approximate surface area is 231 Å². The van der Waals surface area contributed by atoms with E-state index < -0.39 is 37.2 Å². The number of nitrogens with one attached hydrogen (secondary N) is 1. The van der Waals surface area contributed by atoms with E-state index in [9.17, 15) is 24.6 Å². The molecule has 1 fully saturated rings. The van der Waals surface area contributed by atoms with Crippen LogP contribution in [0.3, 0.4) is 0 Å². The van der Waals surface area contributed by atoms with Crippen LogP contribution in [0.5, 0.6) is 5.75 Å². The van der Waals surface area contributed by atoms with Crippen molar-refractivity contribution >= 4 is 19.9 Å². The molecule has 9 nitrogen and oxygen atoms in total. The summed E-state index contributed by atoms with van der Waals surface area (Å²) in [5.74, 6) is 0.265. The predicted molar refractivity (Wildman–Crippen MR) is 154 cm³/mol. The average Bonchev–Trinajstić information content (AvgIpc) is 2.91. The summed E-state index contributed by atoms with van der Waals surface area (Å²) >= 11 is 0. The predicted octanol–water partition coefficient (Wildman–Crippen LogP) is 4.41. The van der Waals surface area contributed by atoms with Crippen LogP contribution in [0.2, 0.25) is 25.7 Å². The van der Waals surface area contributed by atoms with Crippen molar-refractivity contribution in [2.75, 3.05) is 19.0 Å². The maximum atomic E-state index is 12.5. The topological polar surface area (TPSA) is 140 Å². The minimum Gasteiger partial charge on any atom is -0.491 e. The van der Waals surface area contributed by atoms with Gasteiger partial charge in [-0.25, -0.2) is 4.79 Å². The van der Waals surface area contributed by atoms with Gasteiger partial charge in [-0.05, 0) is 29.5 Å².